The predicted octanol–water partition coefficient (Wildman–Crippen LogP) is 4.66. The van der Waals surface area contributed by atoms with E-state index in [4.69, 9.17) is 4.74 Å². The zero-order valence-corrected chi connectivity index (χ0v) is 13.9. The molecule has 0 aliphatic carbocycles. The summed E-state index contributed by atoms with van der Waals surface area (Å²) in [6.07, 6.45) is 0. The fraction of sp³-hybridized carbons (Fsp3) is 0.312. The number of benzene rings is 1. The number of hydrogen-bond acceptors (Lipinski definition) is 3. The number of hydrogen-bond donors (Lipinski definition) is 1. The third-order valence-corrected chi connectivity index (χ3v) is 3.10. The second kappa shape index (κ2) is 6.54. The summed E-state index contributed by atoms with van der Waals surface area (Å²) in [6, 6.07) is 9.95. The number of nitrogens with one attached hydrogen (secondary N) is 1. The van der Waals surface area contributed by atoms with E-state index in [0.29, 0.717) is 22.6 Å². The maximum absolute atomic E-state index is 13.3. The first-order valence-electron chi connectivity index (χ1n) is 6.67. The standard InChI is InChI=1S/C16H18BrFN2O/c1-16(2,3)19-10-13-5-4-6-15(20-13)21-14-8-11(17)7-12(18)9-14/h4-9,19H,10H2,1-3H3. The number of nitrogens with zero attached hydrogens (tertiary/aromatic N) is 1. The van der Waals surface area contributed by atoms with Crippen molar-refractivity contribution >= 4 is 15.9 Å². The van der Waals surface area contributed by atoms with Crippen molar-refractivity contribution in [3.8, 4) is 11.6 Å². The van der Waals surface area contributed by atoms with Crippen molar-refractivity contribution < 1.29 is 9.13 Å². The molecular weight excluding hydrogens is 335 g/mol. The molecule has 0 saturated heterocycles. The Kier molecular flexibility index (Phi) is 4.96. The molecule has 0 amide bonds. The Bertz CT molecular complexity index is 606. The number of halogens is 2. The van der Waals surface area contributed by atoms with Gasteiger partial charge in [-0.2, -0.15) is 0 Å². The average Bonchev–Trinajstić information content (AvgIpc) is 2.35. The summed E-state index contributed by atoms with van der Waals surface area (Å²) in [5.41, 5.74) is 0.893. The zero-order valence-electron chi connectivity index (χ0n) is 12.3. The first kappa shape index (κ1) is 15.9. The third kappa shape index (κ3) is 5.44. The molecule has 0 spiro atoms. The van der Waals surface area contributed by atoms with Crippen LogP contribution in [0.15, 0.2) is 40.9 Å². The molecule has 0 fully saturated rings. The van der Waals surface area contributed by atoms with Crippen LogP contribution in [0.2, 0.25) is 0 Å². The molecule has 5 heteroatoms. The number of ether oxygens (including phenoxy) is 1. The maximum Gasteiger partial charge on any atom is 0.219 e. The van der Waals surface area contributed by atoms with E-state index in [1.54, 1.807) is 12.1 Å². The molecule has 0 saturated carbocycles. The zero-order chi connectivity index (χ0) is 15.5. The first-order chi connectivity index (χ1) is 9.82. The van der Waals surface area contributed by atoms with E-state index in [-0.39, 0.29) is 11.4 Å². The maximum atomic E-state index is 13.3. The third-order valence-electron chi connectivity index (χ3n) is 2.64. The lowest BCUT2D eigenvalue weighted by molar-refractivity contribution is 0.415. The molecule has 3 nitrogen and oxygen atoms in total. The minimum atomic E-state index is -0.357. The Labute approximate surface area is 132 Å². The van der Waals surface area contributed by atoms with Crippen LogP contribution in [-0.4, -0.2) is 10.5 Å². The van der Waals surface area contributed by atoms with E-state index in [2.05, 4.69) is 47.0 Å². The summed E-state index contributed by atoms with van der Waals surface area (Å²) in [5, 5.41) is 3.36. The summed E-state index contributed by atoms with van der Waals surface area (Å²) in [7, 11) is 0. The van der Waals surface area contributed by atoms with Crippen molar-refractivity contribution in [3.05, 3.63) is 52.4 Å². The van der Waals surface area contributed by atoms with Crippen molar-refractivity contribution in [2.75, 3.05) is 0 Å². The van der Waals surface area contributed by atoms with Crippen molar-refractivity contribution in [2.24, 2.45) is 0 Å². The van der Waals surface area contributed by atoms with Crippen molar-refractivity contribution in [1.82, 2.24) is 10.3 Å². The highest BCUT2D eigenvalue weighted by molar-refractivity contribution is 9.10. The van der Waals surface area contributed by atoms with Crippen LogP contribution in [-0.2, 0) is 6.54 Å². The Balaban J connectivity index is 2.10. The second-order valence-corrected chi connectivity index (χ2v) is 6.69. The monoisotopic (exact) mass is 352 g/mol. The van der Waals surface area contributed by atoms with Gasteiger partial charge in [0.2, 0.25) is 5.88 Å². The summed E-state index contributed by atoms with van der Waals surface area (Å²) >= 11 is 3.24. The normalized spacial score (nSPS) is 11.5. The molecule has 2 rings (SSSR count). The van der Waals surface area contributed by atoms with Crippen LogP contribution < -0.4 is 10.1 Å². The molecule has 0 aliphatic heterocycles. The van der Waals surface area contributed by atoms with Gasteiger partial charge in [0.05, 0.1) is 5.69 Å². The van der Waals surface area contributed by atoms with Gasteiger partial charge in [0, 0.05) is 28.7 Å². The van der Waals surface area contributed by atoms with Gasteiger partial charge in [-0.15, -0.1) is 0 Å². The highest BCUT2D eigenvalue weighted by atomic mass is 79.9. The lowest BCUT2D eigenvalue weighted by atomic mass is 10.1. The minimum Gasteiger partial charge on any atom is -0.439 e. The van der Waals surface area contributed by atoms with Gasteiger partial charge in [0.25, 0.3) is 0 Å². The van der Waals surface area contributed by atoms with Gasteiger partial charge in [-0.25, -0.2) is 9.37 Å². The van der Waals surface area contributed by atoms with Gasteiger partial charge in [-0.05, 0) is 39.0 Å². The largest absolute Gasteiger partial charge is 0.439 e. The molecule has 112 valence electrons. The van der Waals surface area contributed by atoms with E-state index in [9.17, 15) is 4.39 Å². The van der Waals surface area contributed by atoms with E-state index in [0.717, 1.165) is 5.69 Å². The van der Waals surface area contributed by atoms with Crippen LogP contribution in [0.3, 0.4) is 0 Å². The molecule has 21 heavy (non-hydrogen) atoms. The Hall–Kier alpha value is -1.46. The summed E-state index contributed by atoms with van der Waals surface area (Å²) in [5.74, 6) is 0.501. The topological polar surface area (TPSA) is 34.1 Å². The Morgan fingerprint density at radius 3 is 2.67 bits per heavy atom. The van der Waals surface area contributed by atoms with Crippen LogP contribution in [0.1, 0.15) is 26.5 Å². The SMILES string of the molecule is CC(C)(C)NCc1cccc(Oc2cc(F)cc(Br)c2)n1. The molecule has 1 aromatic heterocycles. The molecular formula is C16H18BrFN2O. The van der Waals surface area contributed by atoms with Crippen molar-refractivity contribution in [3.63, 3.8) is 0 Å². The van der Waals surface area contributed by atoms with E-state index >= 15 is 0 Å². The van der Waals surface area contributed by atoms with E-state index in [1.807, 2.05) is 12.1 Å². The Morgan fingerprint density at radius 1 is 1.24 bits per heavy atom. The summed E-state index contributed by atoms with van der Waals surface area (Å²) in [6.45, 7) is 6.93. The minimum absolute atomic E-state index is 0.0198. The Morgan fingerprint density at radius 2 is 2.00 bits per heavy atom. The van der Waals surface area contributed by atoms with Crippen LogP contribution in [0.25, 0.3) is 0 Å². The quantitative estimate of drug-likeness (QED) is 0.868. The van der Waals surface area contributed by atoms with Crippen molar-refractivity contribution in [1.29, 1.82) is 0 Å². The highest BCUT2D eigenvalue weighted by Crippen LogP contribution is 2.25. The van der Waals surface area contributed by atoms with Crippen LogP contribution in [0.4, 0.5) is 4.39 Å². The molecule has 1 N–H and O–H groups in total. The molecule has 0 bridgehead atoms. The molecule has 2 aromatic rings. The van der Waals surface area contributed by atoms with E-state index in [1.165, 1.54) is 12.1 Å². The van der Waals surface area contributed by atoms with Gasteiger partial charge >= 0.3 is 0 Å². The first-order valence-corrected chi connectivity index (χ1v) is 7.46. The lowest BCUT2D eigenvalue weighted by Crippen LogP contribution is -2.35. The van der Waals surface area contributed by atoms with Crippen LogP contribution in [0.5, 0.6) is 11.6 Å². The molecule has 0 radical (unpaired) electrons. The predicted molar refractivity (Wildman–Crippen MR) is 85.0 cm³/mol. The molecule has 0 aliphatic rings. The summed E-state index contributed by atoms with van der Waals surface area (Å²) < 4.78 is 19.6. The highest BCUT2D eigenvalue weighted by Gasteiger charge is 2.09. The number of aromatic nitrogens is 1. The van der Waals surface area contributed by atoms with E-state index < -0.39 is 0 Å². The fourth-order valence-electron chi connectivity index (χ4n) is 1.68. The molecule has 0 atom stereocenters. The second-order valence-electron chi connectivity index (χ2n) is 5.78. The van der Waals surface area contributed by atoms with Gasteiger partial charge in [-0.3, -0.25) is 0 Å². The fourth-order valence-corrected chi connectivity index (χ4v) is 2.12. The van der Waals surface area contributed by atoms with Gasteiger partial charge in [-0.1, -0.05) is 22.0 Å². The van der Waals surface area contributed by atoms with Crippen LogP contribution in [0, 0.1) is 5.82 Å². The van der Waals surface area contributed by atoms with Gasteiger partial charge < -0.3 is 10.1 Å². The van der Waals surface area contributed by atoms with Gasteiger partial charge in [0.15, 0.2) is 0 Å². The molecule has 1 aromatic carbocycles. The number of rotatable bonds is 4. The van der Waals surface area contributed by atoms with Crippen molar-refractivity contribution in [2.45, 2.75) is 32.9 Å². The average molecular weight is 353 g/mol. The smallest absolute Gasteiger partial charge is 0.219 e. The lowest BCUT2D eigenvalue weighted by Gasteiger charge is -2.20. The number of pyridine rings is 1. The molecule has 0 unspecified atom stereocenters. The molecule has 1 heterocycles. The van der Waals surface area contributed by atoms with Gasteiger partial charge in [0.1, 0.15) is 11.6 Å². The summed E-state index contributed by atoms with van der Waals surface area (Å²) in [4.78, 5) is 4.41. The van der Waals surface area contributed by atoms with Crippen LogP contribution >= 0.6 is 15.9 Å².